The maximum absolute atomic E-state index is 8.99. The van der Waals surface area contributed by atoms with E-state index >= 15 is 0 Å². The van der Waals surface area contributed by atoms with Gasteiger partial charge in [-0.05, 0) is 30.5 Å². The third-order valence-electron chi connectivity index (χ3n) is 3.10. The van der Waals surface area contributed by atoms with Crippen molar-refractivity contribution in [1.29, 1.82) is 0 Å². The van der Waals surface area contributed by atoms with Gasteiger partial charge in [0.05, 0.1) is 6.61 Å². The Morgan fingerprint density at radius 3 is 3.07 bits per heavy atom. The Morgan fingerprint density at radius 2 is 2.33 bits per heavy atom. The molecule has 1 atom stereocenters. The molecule has 0 aliphatic carbocycles. The zero-order valence-corrected chi connectivity index (χ0v) is 10.5. The Kier molecular flexibility index (Phi) is 3.44. The van der Waals surface area contributed by atoms with Crippen LogP contribution in [-0.2, 0) is 13.0 Å². The normalized spacial score (nSPS) is 21.4. The summed E-state index contributed by atoms with van der Waals surface area (Å²) in [5.41, 5.74) is 2.81. The summed E-state index contributed by atoms with van der Waals surface area (Å²) in [5, 5.41) is 8.99. The molecule has 1 N–H and O–H groups in total. The number of β-amino-alcohol motifs (C(OH)–C–C–N with tert-alkyl or cyclic N) is 1. The first kappa shape index (κ1) is 11.1. The Labute approximate surface area is 99.0 Å². The highest BCUT2D eigenvalue weighted by atomic mass is 79.9. The summed E-state index contributed by atoms with van der Waals surface area (Å²) in [5.74, 6) is 0. The number of aliphatic hydroxyl groups excluding tert-OH is 1. The number of hydrogen-bond donors (Lipinski definition) is 1. The SMILES string of the molecule is CC1Cc2c(Br)cccc2CN1CCO. The zero-order chi connectivity index (χ0) is 10.8. The Hall–Kier alpha value is -0.380. The van der Waals surface area contributed by atoms with Gasteiger partial charge in [0.2, 0.25) is 0 Å². The van der Waals surface area contributed by atoms with Crippen molar-refractivity contribution in [2.24, 2.45) is 0 Å². The quantitative estimate of drug-likeness (QED) is 0.890. The fourth-order valence-corrected chi connectivity index (χ4v) is 2.78. The molecule has 0 aromatic heterocycles. The van der Waals surface area contributed by atoms with E-state index in [9.17, 15) is 0 Å². The Morgan fingerprint density at radius 1 is 1.53 bits per heavy atom. The van der Waals surface area contributed by atoms with Crippen LogP contribution in [0.2, 0.25) is 0 Å². The van der Waals surface area contributed by atoms with E-state index in [1.807, 2.05) is 0 Å². The largest absolute Gasteiger partial charge is 0.395 e. The van der Waals surface area contributed by atoms with Crippen molar-refractivity contribution in [2.45, 2.75) is 25.9 Å². The summed E-state index contributed by atoms with van der Waals surface area (Å²) < 4.78 is 1.22. The predicted molar refractivity (Wildman–Crippen MR) is 64.8 cm³/mol. The lowest BCUT2D eigenvalue weighted by molar-refractivity contribution is 0.141. The number of benzene rings is 1. The molecule has 2 nitrogen and oxygen atoms in total. The van der Waals surface area contributed by atoms with Crippen LogP contribution < -0.4 is 0 Å². The summed E-state index contributed by atoms with van der Waals surface area (Å²) in [4.78, 5) is 2.33. The summed E-state index contributed by atoms with van der Waals surface area (Å²) in [6, 6.07) is 6.88. The molecule has 1 aromatic rings. The van der Waals surface area contributed by atoms with Crippen LogP contribution in [-0.4, -0.2) is 29.2 Å². The van der Waals surface area contributed by atoms with Gasteiger partial charge in [-0.2, -0.15) is 0 Å². The minimum absolute atomic E-state index is 0.244. The molecule has 82 valence electrons. The van der Waals surface area contributed by atoms with Crippen LogP contribution >= 0.6 is 15.9 Å². The van der Waals surface area contributed by atoms with Gasteiger partial charge >= 0.3 is 0 Å². The van der Waals surface area contributed by atoms with Gasteiger partial charge in [-0.15, -0.1) is 0 Å². The molecule has 1 aromatic carbocycles. The van der Waals surface area contributed by atoms with Gasteiger partial charge in [0.25, 0.3) is 0 Å². The van der Waals surface area contributed by atoms with Crippen LogP contribution in [0.1, 0.15) is 18.1 Å². The van der Waals surface area contributed by atoms with Crippen molar-refractivity contribution in [3.05, 3.63) is 33.8 Å². The van der Waals surface area contributed by atoms with E-state index in [-0.39, 0.29) is 6.61 Å². The Bertz CT molecular complexity index is 353. The summed E-state index contributed by atoms with van der Waals surface area (Å²) >= 11 is 3.60. The average molecular weight is 270 g/mol. The number of halogens is 1. The number of fused-ring (bicyclic) bond motifs is 1. The average Bonchev–Trinajstić information content (AvgIpc) is 2.21. The smallest absolute Gasteiger partial charge is 0.0558 e. The minimum atomic E-state index is 0.244. The van der Waals surface area contributed by atoms with Crippen molar-refractivity contribution in [3.8, 4) is 0 Å². The van der Waals surface area contributed by atoms with Gasteiger partial charge in [-0.1, -0.05) is 28.1 Å². The van der Waals surface area contributed by atoms with Crippen molar-refractivity contribution >= 4 is 15.9 Å². The fraction of sp³-hybridized carbons (Fsp3) is 0.500. The highest BCUT2D eigenvalue weighted by Gasteiger charge is 2.23. The van der Waals surface area contributed by atoms with Crippen LogP contribution in [0.4, 0.5) is 0 Å². The first-order chi connectivity index (χ1) is 7.22. The molecule has 0 amide bonds. The molecule has 1 aliphatic heterocycles. The molecule has 0 spiro atoms. The minimum Gasteiger partial charge on any atom is -0.395 e. The second-order valence-corrected chi connectivity index (χ2v) is 4.98. The second kappa shape index (κ2) is 4.64. The number of aliphatic hydroxyl groups is 1. The summed E-state index contributed by atoms with van der Waals surface area (Å²) in [6.07, 6.45) is 1.07. The van der Waals surface area contributed by atoms with E-state index in [0.29, 0.717) is 6.04 Å². The third kappa shape index (κ3) is 2.25. The monoisotopic (exact) mass is 269 g/mol. The standard InChI is InChI=1S/C12H16BrNO/c1-9-7-11-10(3-2-4-12(11)13)8-14(9)5-6-15/h2-4,9,15H,5-8H2,1H3. The topological polar surface area (TPSA) is 23.5 Å². The first-order valence-corrected chi connectivity index (χ1v) is 6.13. The van der Waals surface area contributed by atoms with E-state index in [4.69, 9.17) is 5.11 Å². The van der Waals surface area contributed by atoms with Gasteiger partial charge in [0.1, 0.15) is 0 Å². The maximum Gasteiger partial charge on any atom is 0.0558 e. The predicted octanol–water partition coefficient (Wildman–Crippen LogP) is 2.19. The molecule has 1 heterocycles. The lowest BCUT2D eigenvalue weighted by Gasteiger charge is -2.34. The molecule has 15 heavy (non-hydrogen) atoms. The van der Waals surface area contributed by atoms with Gasteiger partial charge in [-0.3, -0.25) is 4.90 Å². The molecule has 0 bridgehead atoms. The molecule has 0 saturated carbocycles. The molecule has 1 unspecified atom stereocenters. The summed E-state index contributed by atoms with van der Waals surface area (Å²) in [7, 11) is 0. The molecule has 0 fully saturated rings. The lowest BCUT2D eigenvalue weighted by atomic mass is 9.95. The van der Waals surface area contributed by atoms with E-state index in [1.54, 1.807) is 0 Å². The first-order valence-electron chi connectivity index (χ1n) is 5.33. The van der Waals surface area contributed by atoms with Crippen LogP contribution in [0.15, 0.2) is 22.7 Å². The zero-order valence-electron chi connectivity index (χ0n) is 8.91. The van der Waals surface area contributed by atoms with Gasteiger partial charge in [0, 0.05) is 23.6 Å². The van der Waals surface area contributed by atoms with Crippen molar-refractivity contribution in [1.82, 2.24) is 4.90 Å². The molecule has 1 aliphatic rings. The maximum atomic E-state index is 8.99. The van der Waals surface area contributed by atoms with Crippen molar-refractivity contribution in [2.75, 3.05) is 13.2 Å². The molecular formula is C12H16BrNO. The number of hydrogen-bond acceptors (Lipinski definition) is 2. The van der Waals surface area contributed by atoms with Crippen LogP contribution in [0.3, 0.4) is 0 Å². The molecule has 2 rings (SSSR count). The van der Waals surface area contributed by atoms with Crippen molar-refractivity contribution < 1.29 is 5.11 Å². The van der Waals surface area contributed by atoms with Crippen LogP contribution in [0, 0.1) is 0 Å². The van der Waals surface area contributed by atoms with Crippen LogP contribution in [0.5, 0.6) is 0 Å². The molecule has 0 radical (unpaired) electrons. The highest BCUT2D eigenvalue weighted by Crippen LogP contribution is 2.28. The third-order valence-corrected chi connectivity index (χ3v) is 3.84. The second-order valence-electron chi connectivity index (χ2n) is 4.12. The van der Waals surface area contributed by atoms with Crippen molar-refractivity contribution in [3.63, 3.8) is 0 Å². The van der Waals surface area contributed by atoms with Crippen LogP contribution in [0.25, 0.3) is 0 Å². The van der Waals surface area contributed by atoms with E-state index in [2.05, 4.69) is 46.0 Å². The Balaban J connectivity index is 2.25. The fourth-order valence-electron chi connectivity index (χ4n) is 2.21. The lowest BCUT2D eigenvalue weighted by Crippen LogP contribution is -2.40. The number of rotatable bonds is 2. The highest BCUT2D eigenvalue weighted by molar-refractivity contribution is 9.10. The van der Waals surface area contributed by atoms with E-state index in [0.717, 1.165) is 19.5 Å². The van der Waals surface area contributed by atoms with Gasteiger partial charge in [0.15, 0.2) is 0 Å². The van der Waals surface area contributed by atoms with Gasteiger partial charge in [-0.25, -0.2) is 0 Å². The van der Waals surface area contributed by atoms with E-state index in [1.165, 1.54) is 15.6 Å². The number of nitrogens with zero attached hydrogens (tertiary/aromatic N) is 1. The van der Waals surface area contributed by atoms with Gasteiger partial charge < -0.3 is 5.11 Å². The molecular weight excluding hydrogens is 254 g/mol. The molecule has 0 saturated heterocycles. The summed E-state index contributed by atoms with van der Waals surface area (Å²) in [6.45, 7) is 4.19. The molecule has 3 heteroatoms. The van der Waals surface area contributed by atoms with E-state index < -0.39 is 0 Å².